The fourth-order valence-electron chi connectivity index (χ4n) is 3.56. The van der Waals surface area contributed by atoms with E-state index in [0.29, 0.717) is 13.0 Å². The summed E-state index contributed by atoms with van der Waals surface area (Å²) in [5, 5.41) is 2.47. The Morgan fingerprint density at radius 1 is 1.19 bits per heavy atom. The summed E-state index contributed by atoms with van der Waals surface area (Å²) >= 11 is 0. The molecule has 3 aliphatic rings. The van der Waals surface area contributed by atoms with Crippen molar-refractivity contribution in [1.29, 1.82) is 0 Å². The average molecular weight is 295 g/mol. The van der Waals surface area contributed by atoms with Crippen molar-refractivity contribution in [3.05, 3.63) is 0 Å². The van der Waals surface area contributed by atoms with Gasteiger partial charge in [0.25, 0.3) is 0 Å². The van der Waals surface area contributed by atoms with Gasteiger partial charge in [0.2, 0.25) is 11.8 Å². The van der Waals surface area contributed by atoms with E-state index < -0.39 is 18.0 Å². The zero-order valence-corrected chi connectivity index (χ0v) is 11.9. The summed E-state index contributed by atoms with van der Waals surface area (Å²) in [7, 11) is 0. The van der Waals surface area contributed by atoms with Gasteiger partial charge in [0, 0.05) is 6.54 Å². The van der Waals surface area contributed by atoms with E-state index >= 15 is 0 Å². The third-order valence-electron chi connectivity index (χ3n) is 4.76. The smallest absolute Gasteiger partial charge is 0.407 e. The Bertz CT molecular complexity index is 457. The molecule has 116 valence electrons. The quantitative estimate of drug-likeness (QED) is 0.761. The first-order valence-electron chi connectivity index (χ1n) is 7.58. The van der Waals surface area contributed by atoms with Crippen LogP contribution >= 0.6 is 0 Å². The first kappa shape index (κ1) is 14.2. The monoisotopic (exact) mass is 295 g/mol. The molecule has 0 aromatic rings. The van der Waals surface area contributed by atoms with Gasteiger partial charge in [0.05, 0.1) is 0 Å². The number of primary amides is 1. The Labute approximate surface area is 123 Å². The lowest BCUT2D eigenvalue weighted by molar-refractivity contribution is -0.136. The minimum Gasteiger partial charge on any atom is -0.446 e. The van der Waals surface area contributed by atoms with E-state index in [9.17, 15) is 14.4 Å². The van der Waals surface area contributed by atoms with Gasteiger partial charge in [-0.1, -0.05) is 0 Å². The Morgan fingerprint density at radius 3 is 2.57 bits per heavy atom. The summed E-state index contributed by atoms with van der Waals surface area (Å²) in [4.78, 5) is 36.3. The van der Waals surface area contributed by atoms with Gasteiger partial charge in [-0.05, 0) is 43.9 Å². The Kier molecular flexibility index (Phi) is 3.73. The highest BCUT2D eigenvalue weighted by Crippen LogP contribution is 2.52. The van der Waals surface area contributed by atoms with Crippen LogP contribution in [0.5, 0.6) is 0 Å². The molecule has 0 aromatic carbocycles. The lowest BCUT2D eigenvalue weighted by Crippen LogP contribution is -2.47. The number of carbonyl (C=O) groups excluding carboxylic acids is 3. The van der Waals surface area contributed by atoms with Gasteiger partial charge in [-0.25, -0.2) is 4.79 Å². The summed E-state index contributed by atoms with van der Waals surface area (Å²) < 4.78 is 5.29. The molecule has 3 amide bonds. The molecule has 2 unspecified atom stereocenters. The summed E-state index contributed by atoms with van der Waals surface area (Å²) in [5.74, 6) is 0.701. The number of nitrogens with two attached hydrogens (primary N) is 1. The third kappa shape index (κ3) is 3.11. The lowest BCUT2D eigenvalue weighted by Gasteiger charge is -2.22. The molecule has 0 radical (unpaired) electrons. The van der Waals surface area contributed by atoms with E-state index in [2.05, 4.69) is 5.32 Å². The van der Waals surface area contributed by atoms with Crippen LogP contribution in [0.3, 0.4) is 0 Å². The zero-order chi connectivity index (χ0) is 15.0. The van der Waals surface area contributed by atoms with Gasteiger partial charge in [0.15, 0.2) is 0 Å². The fraction of sp³-hybridized carbons (Fsp3) is 0.786. The zero-order valence-electron chi connectivity index (χ0n) is 11.9. The van der Waals surface area contributed by atoms with E-state index in [4.69, 9.17) is 10.5 Å². The number of likely N-dealkylation sites (tertiary alicyclic amines) is 1. The molecule has 7 nitrogen and oxygen atoms in total. The molecule has 21 heavy (non-hydrogen) atoms. The second-order valence-corrected chi connectivity index (χ2v) is 6.26. The number of alkyl carbamates (subject to hydrolysis) is 1. The molecule has 3 rings (SSSR count). The molecule has 2 saturated carbocycles. The number of amides is 3. The van der Waals surface area contributed by atoms with Crippen LogP contribution in [0, 0.1) is 11.8 Å². The number of fused-ring (bicyclic) bond motifs is 1. The third-order valence-corrected chi connectivity index (χ3v) is 4.76. The van der Waals surface area contributed by atoms with Crippen LogP contribution in [0.25, 0.3) is 0 Å². The number of ether oxygens (including phenoxy) is 1. The van der Waals surface area contributed by atoms with Crippen LogP contribution < -0.4 is 11.1 Å². The molecule has 1 saturated heterocycles. The standard InChI is InChI=1S/C14H21N3O4/c15-13(19)11-2-1-3-17(11)12(18)7-16-14(20)21-10-5-8-4-9(8)6-10/h8-11H,1-7H2,(H2,15,19)(H,16,20)/t8-,9?,10?,11+/m1/s1. The van der Waals surface area contributed by atoms with Gasteiger partial charge in [-0.3, -0.25) is 9.59 Å². The molecule has 2 aliphatic carbocycles. The highest BCUT2D eigenvalue weighted by molar-refractivity contribution is 5.89. The van der Waals surface area contributed by atoms with E-state index in [-0.39, 0.29) is 18.6 Å². The SMILES string of the molecule is NC(=O)[C@@H]1CCCN1C(=O)CNC(=O)OC1CC2C[C@@H]2C1. The van der Waals surface area contributed by atoms with Crippen molar-refractivity contribution in [3.8, 4) is 0 Å². The number of hydrogen-bond acceptors (Lipinski definition) is 4. The molecular weight excluding hydrogens is 274 g/mol. The molecule has 0 aromatic heterocycles. The largest absolute Gasteiger partial charge is 0.446 e. The van der Waals surface area contributed by atoms with Crippen molar-refractivity contribution in [1.82, 2.24) is 10.2 Å². The molecule has 4 atom stereocenters. The minimum absolute atomic E-state index is 0.00555. The second-order valence-electron chi connectivity index (χ2n) is 6.26. The maximum Gasteiger partial charge on any atom is 0.407 e. The molecule has 3 N–H and O–H groups in total. The highest BCUT2D eigenvalue weighted by atomic mass is 16.6. The molecule has 0 spiro atoms. The van der Waals surface area contributed by atoms with Gasteiger partial charge in [-0.2, -0.15) is 0 Å². The van der Waals surface area contributed by atoms with E-state index in [1.807, 2.05) is 0 Å². The molecule has 7 heteroatoms. The number of nitrogens with one attached hydrogen (secondary N) is 1. The van der Waals surface area contributed by atoms with E-state index in [0.717, 1.165) is 31.1 Å². The summed E-state index contributed by atoms with van der Waals surface area (Å²) in [5.41, 5.74) is 5.26. The van der Waals surface area contributed by atoms with Gasteiger partial charge < -0.3 is 20.7 Å². The van der Waals surface area contributed by atoms with Gasteiger partial charge in [-0.15, -0.1) is 0 Å². The topological polar surface area (TPSA) is 102 Å². The Morgan fingerprint density at radius 2 is 1.90 bits per heavy atom. The number of rotatable bonds is 4. The predicted molar refractivity (Wildman–Crippen MR) is 73.0 cm³/mol. The maximum atomic E-state index is 12.0. The molecule has 0 bridgehead atoms. The summed E-state index contributed by atoms with van der Waals surface area (Å²) in [6.07, 6.45) is 3.96. The first-order chi connectivity index (χ1) is 10.0. The van der Waals surface area contributed by atoms with Crippen molar-refractivity contribution in [3.63, 3.8) is 0 Å². The van der Waals surface area contributed by atoms with Crippen LogP contribution in [-0.2, 0) is 14.3 Å². The molecule has 3 fully saturated rings. The summed E-state index contributed by atoms with van der Waals surface area (Å²) in [6.45, 7) is 0.358. The highest BCUT2D eigenvalue weighted by Gasteiger charge is 2.47. The summed E-state index contributed by atoms with van der Waals surface area (Å²) in [6, 6.07) is -0.544. The average Bonchev–Trinajstić information content (AvgIpc) is 2.90. The van der Waals surface area contributed by atoms with Crippen molar-refractivity contribution in [2.24, 2.45) is 17.6 Å². The van der Waals surface area contributed by atoms with Crippen LogP contribution in [0.4, 0.5) is 4.79 Å². The van der Waals surface area contributed by atoms with Crippen LogP contribution in [0.1, 0.15) is 32.1 Å². The van der Waals surface area contributed by atoms with Crippen LogP contribution in [0.15, 0.2) is 0 Å². The van der Waals surface area contributed by atoms with E-state index in [1.165, 1.54) is 11.3 Å². The number of nitrogens with zero attached hydrogens (tertiary/aromatic N) is 1. The number of carbonyl (C=O) groups is 3. The fourth-order valence-corrected chi connectivity index (χ4v) is 3.56. The van der Waals surface area contributed by atoms with E-state index in [1.54, 1.807) is 0 Å². The lowest BCUT2D eigenvalue weighted by atomic mass is 10.2. The minimum atomic E-state index is -0.551. The molecule has 1 aliphatic heterocycles. The first-order valence-corrected chi connectivity index (χ1v) is 7.58. The van der Waals surface area contributed by atoms with Crippen molar-refractivity contribution < 1.29 is 19.1 Å². The second kappa shape index (κ2) is 5.54. The molecular formula is C14H21N3O4. The van der Waals surface area contributed by atoms with Crippen molar-refractivity contribution in [2.75, 3.05) is 13.1 Å². The normalized spacial score (nSPS) is 33.4. The molecule has 1 heterocycles. The predicted octanol–water partition coefficient (Wildman–Crippen LogP) is -0.0126. The maximum absolute atomic E-state index is 12.0. The Hall–Kier alpha value is -1.79. The van der Waals surface area contributed by atoms with Gasteiger partial charge in [0.1, 0.15) is 18.7 Å². The van der Waals surface area contributed by atoms with Crippen molar-refractivity contribution >= 4 is 17.9 Å². The van der Waals surface area contributed by atoms with Crippen LogP contribution in [0.2, 0.25) is 0 Å². The van der Waals surface area contributed by atoms with Crippen LogP contribution in [-0.4, -0.2) is 48.0 Å². The number of hydrogen-bond donors (Lipinski definition) is 2. The Balaban J connectivity index is 1.40. The van der Waals surface area contributed by atoms with Crippen molar-refractivity contribution in [2.45, 2.75) is 44.2 Å². The van der Waals surface area contributed by atoms with Gasteiger partial charge >= 0.3 is 6.09 Å².